The summed E-state index contributed by atoms with van der Waals surface area (Å²) in [7, 11) is 0. The molecule has 0 aromatic heterocycles. The van der Waals surface area contributed by atoms with Gasteiger partial charge in [-0.2, -0.15) is 0 Å². The normalized spacial score (nSPS) is 14.4. The van der Waals surface area contributed by atoms with E-state index in [1.54, 1.807) is 11.8 Å². The molecule has 2 nitrogen and oxygen atoms in total. The van der Waals surface area contributed by atoms with Crippen LogP contribution in [0.3, 0.4) is 0 Å². The molecule has 1 N–H and O–H groups in total. The molecule has 2 rings (SSSR count). The van der Waals surface area contributed by atoms with Gasteiger partial charge in [0.15, 0.2) is 0 Å². The first kappa shape index (κ1) is 9.34. The molecule has 1 aliphatic heterocycles. The molecule has 3 heteroatoms. The average molecular weight is 206 g/mol. The lowest BCUT2D eigenvalue weighted by Gasteiger charge is -2.14. The van der Waals surface area contributed by atoms with Gasteiger partial charge < -0.3 is 5.11 Å². The molecule has 0 atom stereocenters. The molecule has 1 aromatic rings. The number of carbonyl (C=O) groups is 1. The smallest absolute Gasteiger partial charge is 0.307 e. The summed E-state index contributed by atoms with van der Waals surface area (Å²) in [5, 5.41) is 10.6. The van der Waals surface area contributed by atoms with Crippen molar-refractivity contribution in [3.63, 3.8) is 0 Å². The fraction of sp³-hybridized carbons (Fsp3) is 0.182. The van der Waals surface area contributed by atoms with Gasteiger partial charge in [0, 0.05) is 4.90 Å². The standard InChI is InChI=1S/C11H10O2S/c12-11(13)6-8-5-9-3-1-2-4-10(9)14-7-8/h1-4,7H,5-6H2,(H,12,13). The molecular weight excluding hydrogens is 196 g/mol. The number of carboxylic acids is 1. The predicted molar refractivity (Wildman–Crippen MR) is 56.3 cm³/mol. The van der Waals surface area contributed by atoms with Gasteiger partial charge in [0.2, 0.25) is 0 Å². The highest BCUT2D eigenvalue weighted by molar-refractivity contribution is 8.02. The molecule has 14 heavy (non-hydrogen) atoms. The number of carboxylic acid groups (broad SMARTS) is 1. The second-order valence-electron chi connectivity index (χ2n) is 3.25. The first-order chi connectivity index (χ1) is 6.75. The van der Waals surface area contributed by atoms with Gasteiger partial charge in [-0.15, -0.1) is 0 Å². The Morgan fingerprint density at radius 1 is 1.43 bits per heavy atom. The molecule has 0 saturated heterocycles. The minimum atomic E-state index is -0.753. The summed E-state index contributed by atoms with van der Waals surface area (Å²) in [4.78, 5) is 11.8. The van der Waals surface area contributed by atoms with E-state index >= 15 is 0 Å². The molecule has 0 fully saturated rings. The maximum Gasteiger partial charge on any atom is 0.307 e. The fourth-order valence-electron chi connectivity index (χ4n) is 1.50. The highest BCUT2D eigenvalue weighted by Gasteiger charge is 2.12. The lowest BCUT2D eigenvalue weighted by molar-refractivity contribution is -0.136. The number of aliphatic carboxylic acids is 1. The zero-order valence-corrected chi connectivity index (χ0v) is 8.38. The number of rotatable bonds is 2. The Balaban J connectivity index is 2.17. The molecule has 1 aromatic carbocycles. The Bertz CT molecular complexity index is 396. The van der Waals surface area contributed by atoms with Crippen molar-refractivity contribution in [2.75, 3.05) is 0 Å². The molecule has 72 valence electrons. The molecule has 0 saturated carbocycles. The van der Waals surface area contributed by atoms with Crippen LogP contribution in [0.2, 0.25) is 0 Å². The van der Waals surface area contributed by atoms with E-state index in [9.17, 15) is 4.79 Å². The molecule has 1 heterocycles. The zero-order chi connectivity index (χ0) is 9.97. The van der Waals surface area contributed by atoms with Crippen LogP contribution in [-0.2, 0) is 11.2 Å². The highest BCUT2D eigenvalue weighted by atomic mass is 32.2. The summed E-state index contributed by atoms with van der Waals surface area (Å²) in [5.74, 6) is -0.753. The van der Waals surface area contributed by atoms with Crippen molar-refractivity contribution in [3.05, 3.63) is 40.8 Å². The summed E-state index contributed by atoms with van der Waals surface area (Å²) in [6, 6.07) is 8.11. The van der Waals surface area contributed by atoms with E-state index in [1.807, 2.05) is 17.5 Å². The minimum absolute atomic E-state index is 0.154. The number of thioether (sulfide) groups is 1. The van der Waals surface area contributed by atoms with Crippen molar-refractivity contribution in [3.8, 4) is 0 Å². The number of hydrogen-bond donors (Lipinski definition) is 1. The van der Waals surface area contributed by atoms with Crippen LogP contribution >= 0.6 is 11.8 Å². The van der Waals surface area contributed by atoms with E-state index < -0.39 is 5.97 Å². The molecule has 0 unspecified atom stereocenters. The van der Waals surface area contributed by atoms with Crippen molar-refractivity contribution in [1.29, 1.82) is 0 Å². The Labute approximate surface area is 86.6 Å². The van der Waals surface area contributed by atoms with E-state index in [2.05, 4.69) is 12.1 Å². The summed E-state index contributed by atoms with van der Waals surface area (Å²) in [6.45, 7) is 0. The van der Waals surface area contributed by atoms with E-state index in [0.29, 0.717) is 0 Å². The van der Waals surface area contributed by atoms with Gasteiger partial charge in [0.05, 0.1) is 6.42 Å². The number of hydrogen-bond acceptors (Lipinski definition) is 2. The third kappa shape index (κ3) is 1.99. The van der Waals surface area contributed by atoms with Crippen molar-refractivity contribution >= 4 is 17.7 Å². The van der Waals surface area contributed by atoms with Crippen LogP contribution in [0.1, 0.15) is 12.0 Å². The van der Waals surface area contributed by atoms with Gasteiger partial charge in [-0.05, 0) is 29.0 Å². The SMILES string of the molecule is O=C(O)CC1=CSc2ccccc2C1. The summed E-state index contributed by atoms with van der Waals surface area (Å²) < 4.78 is 0. The topological polar surface area (TPSA) is 37.3 Å². The minimum Gasteiger partial charge on any atom is -0.481 e. The van der Waals surface area contributed by atoms with E-state index in [0.717, 1.165) is 12.0 Å². The van der Waals surface area contributed by atoms with Crippen LogP contribution in [0, 0.1) is 0 Å². The first-order valence-corrected chi connectivity index (χ1v) is 5.28. The third-order valence-electron chi connectivity index (χ3n) is 2.12. The van der Waals surface area contributed by atoms with E-state index in [4.69, 9.17) is 5.11 Å². The second-order valence-corrected chi connectivity index (χ2v) is 4.16. The molecular formula is C11H10O2S. The van der Waals surface area contributed by atoms with Crippen molar-refractivity contribution in [1.82, 2.24) is 0 Å². The molecule has 0 amide bonds. The molecule has 1 aliphatic rings. The Hall–Kier alpha value is -1.22. The van der Waals surface area contributed by atoms with Crippen molar-refractivity contribution < 1.29 is 9.90 Å². The van der Waals surface area contributed by atoms with Crippen LogP contribution < -0.4 is 0 Å². The second kappa shape index (κ2) is 3.88. The van der Waals surface area contributed by atoms with Gasteiger partial charge in [0.1, 0.15) is 0 Å². The monoisotopic (exact) mass is 206 g/mol. The lowest BCUT2D eigenvalue weighted by Crippen LogP contribution is -2.03. The average Bonchev–Trinajstić information content (AvgIpc) is 2.17. The third-order valence-corrected chi connectivity index (χ3v) is 3.22. The maximum atomic E-state index is 10.5. The maximum absolute atomic E-state index is 10.5. The summed E-state index contributed by atoms with van der Waals surface area (Å²) in [6.07, 6.45) is 0.927. The first-order valence-electron chi connectivity index (χ1n) is 4.40. The van der Waals surface area contributed by atoms with Crippen LogP contribution in [0.25, 0.3) is 0 Å². The van der Waals surface area contributed by atoms with Crippen molar-refractivity contribution in [2.24, 2.45) is 0 Å². The fourth-order valence-corrected chi connectivity index (χ4v) is 2.41. The van der Waals surface area contributed by atoms with Gasteiger partial charge in [-0.1, -0.05) is 30.0 Å². The summed E-state index contributed by atoms with van der Waals surface area (Å²) in [5.41, 5.74) is 2.22. The van der Waals surface area contributed by atoms with Crippen LogP contribution in [-0.4, -0.2) is 11.1 Å². The summed E-state index contributed by atoms with van der Waals surface area (Å²) >= 11 is 1.61. The Kier molecular flexibility index (Phi) is 2.59. The van der Waals surface area contributed by atoms with Crippen LogP contribution in [0.15, 0.2) is 40.1 Å². The molecule has 0 radical (unpaired) electrons. The van der Waals surface area contributed by atoms with Gasteiger partial charge in [0.25, 0.3) is 0 Å². The number of fused-ring (bicyclic) bond motifs is 1. The molecule has 0 bridgehead atoms. The highest BCUT2D eigenvalue weighted by Crippen LogP contribution is 2.32. The zero-order valence-electron chi connectivity index (χ0n) is 7.56. The molecule has 0 spiro atoms. The van der Waals surface area contributed by atoms with E-state index in [-0.39, 0.29) is 6.42 Å². The quantitative estimate of drug-likeness (QED) is 0.808. The Morgan fingerprint density at radius 2 is 2.21 bits per heavy atom. The number of benzene rings is 1. The van der Waals surface area contributed by atoms with Gasteiger partial charge in [-0.3, -0.25) is 4.79 Å². The largest absolute Gasteiger partial charge is 0.481 e. The van der Waals surface area contributed by atoms with Crippen LogP contribution in [0.5, 0.6) is 0 Å². The van der Waals surface area contributed by atoms with Crippen LogP contribution in [0.4, 0.5) is 0 Å². The van der Waals surface area contributed by atoms with Crippen molar-refractivity contribution in [2.45, 2.75) is 17.7 Å². The molecule has 0 aliphatic carbocycles. The predicted octanol–water partition coefficient (Wildman–Crippen LogP) is 2.69. The van der Waals surface area contributed by atoms with Gasteiger partial charge in [-0.25, -0.2) is 0 Å². The lowest BCUT2D eigenvalue weighted by atomic mass is 10.0. The van der Waals surface area contributed by atoms with Gasteiger partial charge >= 0.3 is 5.97 Å². The Morgan fingerprint density at radius 3 is 3.00 bits per heavy atom. The van der Waals surface area contributed by atoms with E-state index in [1.165, 1.54) is 10.5 Å².